The molecule has 2 heterocycles. The Hall–Kier alpha value is -1.42. The van der Waals surface area contributed by atoms with Gasteiger partial charge in [0.2, 0.25) is 0 Å². The molecule has 0 radical (unpaired) electrons. The van der Waals surface area contributed by atoms with Crippen LogP contribution in [0, 0.1) is 5.82 Å². The highest BCUT2D eigenvalue weighted by molar-refractivity contribution is 5.76. The smallest absolute Gasteiger partial charge is 0.151 e. The van der Waals surface area contributed by atoms with E-state index in [1.807, 2.05) is 6.07 Å². The van der Waals surface area contributed by atoms with E-state index >= 15 is 0 Å². The molecule has 0 spiro atoms. The van der Waals surface area contributed by atoms with Crippen LogP contribution in [0.15, 0.2) is 18.2 Å². The van der Waals surface area contributed by atoms with Gasteiger partial charge in [0.05, 0.1) is 5.52 Å². The number of hydrogen-bond donors (Lipinski definition) is 1. The normalized spacial score (nSPS) is 17.2. The molecule has 3 rings (SSSR count). The van der Waals surface area contributed by atoms with Crippen LogP contribution < -0.4 is 5.32 Å². The molecule has 102 valence electrons. The van der Waals surface area contributed by atoms with Crippen LogP contribution in [0.5, 0.6) is 0 Å². The number of fused-ring (bicyclic) bond motifs is 1. The number of nitrogens with zero attached hydrogens (tertiary/aromatic N) is 2. The second-order valence-electron chi connectivity index (χ2n) is 5.25. The summed E-state index contributed by atoms with van der Waals surface area (Å²) in [5.41, 5.74) is 1.47. The van der Waals surface area contributed by atoms with Crippen LogP contribution in [-0.2, 0) is 6.54 Å². The summed E-state index contributed by atoms with van der Waals surface area (Å²) in [4.78, 5) is 4.61. The first kappa shape index (κ1) is 12.6. The lowest BCUT2D eigenvalue weighted by Gasteiger charge is -2.23. The molecule has 1 aliphatic heterocycles. The van der Waals surface area contributed by atoms with E-state index in [4.69, 9.17) is 0 Å². The number of piperidine rings is 1. The van der Waals surface area contributed by atoms with Crippen molar-refractivity contribution in [2.45, 2.75) is 38.6 Å². The molecule has 0 amide bonds. The summed E-state index contributed by atoms with van der Waals surface area (Å²) in [6, 6.07) is 5.25. The summed E-state index contributed by atoms with van der Waals surface area (Å²) in [5.74, 6) is 1.32. The topological polar surface area (TPSA) is 29.9 Å². The summed E-state index contributed by atoms with van der Waals surface area (Å²) in [6.45, 7) is 5.13. The first-order valence-corrected chi connectivity index (χ1v) is 7.16. The van der Waals surface area contributed by atoms with Crippen LogP contribution in [0.1, 0.15) is 37.9 Å². The van der Waals surface area contributed by atoms with E-state index in [9.17, 15) is 4.39 Å². The predicted octanol–water partition coefficient (Wildman–Crippen LogP) is 3.05. The number of hydrogen-bond acceptors (Lipinski definition) is 2. The largest absolute Gasteiger partial charge is 0.328 e. The van der Waals surface area contributed by atoms with E-state index in [2.05, 4.69) is 21.8 Å². The SMILES string of the molecule is CCCn1c(C2CCNCC2)nc2c(F)cccc21. The Morgan fingerprint density at radius 2 is 2.16 bits per heavy atom. The number of aryl methyl sites for hydroxylation is 1. The van der Waals surface area contributed by atoms with Gasteiger partial charge in [0.1, 0.15) is 11.3 Å². The van der Waals surface area contributed by atoms with E-state index in [-0.39, 0.29) is 5.82 Å². The molecule has 0 bridgehead atoms. The lowest BCUT2D eigenvalue weighted by Crippen LogP contribution is -2.28. The Labute approximate surface area is 112 Å². The third-order valence-corrected chi connectivity index (χ3v) is 3.91. The summed E-state index contributed by atoms with van der Waals surface area (Å²) >= 11 is 0. The molecular formula is C15H20FN3. The van der Waals surface area contributed by atoms with Crippen molar-refractivity contribution < 1.29 is 4.39 Å². The number of halogens is 1. The minimum absolute atomic E-state index is 0.206. The van der Waals surface area contributed by atoms with Crippen molar-refractivity contribution in [2.75, 3.05) is 13.1 Å². The number of benzene rings is 1. The second kappa shape index (κ2) is 5.29. The van der Waals surface area contributed by atoms with Gasteiger partial charge in [-0.25, -0.2) is 9.37 Å². The summed E-state index contributed by atoms with van der Waals surface area (Å²) in [5, 5.41) is 3.37. The van der Waals surface area contributed by atoms with Crippen molar-refractivity contribution in [3.8, 4) is 0 Å². The Morgan fingerprint density at radius 3 is 2.89 bits per heavy atom. The highest BCUT2D eigenvalue weighted by Gasteiger charge is 2.22. The summed E-state index contributed by atoms with van der Waals surface area (Å²) in [6.07, 6.45) is 3.23. The molecule has 0 atom stereocenters. The van der Waals surface area contributed by atoms with Crippen molar-refractivity contribution >= 4 is 11.0 Å². The van der Waals surface area contributed by atoms with Crippen molar-refractivity contribution in [3.63, 3.8) is 0 Å². The highest BCUT2D eigenvalue weighted by atomic mass is 19.1. The van der Waals surface area contributed by atoms with E-state index in [1.165, 1.54) is 6.07 Å². The summed E-state index contributed by atoms with van der Waals surface area (Å²) in [7, 11) is 0. The number of aromatic nitrogens is 2. The van der Waals surface area contributed by atoms with Crippen molar-refractivity contribution in [3.05, 3.63) is 29.8 Å². The molecule has 1 aliphatic rings. The van der Waals surface area contributed by atoms with Crippen LogP contribution in [-0.4, -0.2) is 22.6 Å². The van der Waals surface area contributed by atoms with Crippen LogP contribution >= 0.6 is 0 Å². The van der Waals surface area contributed by atoms with Gasteiger partial charge in [0, 0.05) is 12.5 Å². The van der Waals surface area contributed by atoms with Gasteiger partial charge < -0.3 is 9.88 Å². The van der Waals surface area contributed by atoms with E-state index in [0.29, 0.717) is 11.4 Å². The van der Waals surface area contributed by atoms with Crippen molar-refractivity contribution in [1.82, 2.24) is 14.9 Å². The highest BCUT2D eigenvalue weighted by Crippen LogP contribution is 2.29. The van der Waals surface area contributed by atoms with E-state index in [0.717, 1.165) is 50.2 Å². The Morgan fingerprint density at radius 1 is 1.37 bits per heavy atom. The minimum atomic E-state index is -0.206. The van der Waals surface area contributed by atoms with Crippen LogP contribution in [0.4, 0.5) is 4.39 Å². The van der Waals surface area contributed by atoms with E-state index in [1.54, 1.807) is 6.07 Å². The van der Waals surface area contributed by atoms with Crippen molar-refractivity contribution in [2.24, 2.45) is 0 Å². The van der Waals surface area contributed by atoms with Crippen LogP contribution in [0.25, 0.3) is 11.0 Å². The lowest BCUT2D eigenvalue weighted by molar-refractivity contribution is 0.431. The molecule has 1 N–H and O–H groups in total. The molecule has 1 aromatic heterocycles. The van der Waals surface area contributed by atoms with Gasteiger partial charge in [-0.2, -0.15) is 0 Å². The zero-order valence-electron chi connectivity index (χ0n) is 11.3. The molecule has 4 heteroatoms. The third kappa shape index (κ3) is 2.25. The molecule has 1 fully saturated rings. The predicted molar refractivity (Wildman–Crippen MR) is 74.8 cm³/mol. The van der Waals surface area contributed by atoms with Crippen LogP contribution in [0.3, 0.4) is 0 Å². The fourth-order valence-corrected chi connectivity index (χ4v) is 2.98. The molecule has 2 aromatic rings. The number of imidazole rings is 1. The van der Waals surface area contributed by atoms with Gasteiger partial charge in [-0.05, 0) is 44.5 Å². The molecule has 1 aromatic carbocycles. The maximum absolute atomic E-state index is 13.9. The molecule has 0 saturated carbocycles. The maximum atomic E-state index is 13.9. The Kier molecular flexibility index (Phi) is 3.51. The van der Waals surface area contributed by atoms with Gasteiger partial charge in [-0.15, -0.1) is 0 Å². The molecule has 0 unspecified atom stereocenters. The van der Waals surface area contributed by atoms with Gasteiger partial charge in [-0.1, -0.05) is 13.0 Å². The van der Waals surface area contributed by atoms with Gasteiger partial charge in [-0.3, -0.25) is 0 Å². The second-order valence-corrected chi connectivity index (χ2v) is 5.25. The lowest BCUT2D eigenvalue weighted by atomic mass is 9.97. The number of para-hydroxylation sites is 1. The summed E-state index contributed by atoms with van der Waals surface area (Å²) < 4.78 is 16.1. The van der Waals surface area contributed by atoms with Gasteiger partial charge in [0.25, 0.3) is 0 Å². The Balaban J connectivity index is 2.11. The number of rotatable bonds is 3. The monoisotopic (exact) mass is 261 g/mol. The zero-order valence-corrected chi connectivity index (χ0v) is 11.3. The first-order chi connectivity index (χ1) is 9.31. The number of nitrogens with one attached hydrogen (secondary N) is 1. The average Bonchev–Trinajstić information content (AvgIpc) is 2.81. The van der Waals surface area contributed by atoms with Crippen molar-refractivity contribution in [1.29, 1.82) is 0 Å². The molecular weight excluding hydrogens is 241 g/mol. The third-order valence-electron chi connectivity index (χ3n) is 3.91. The zero-order chi connectivity index (χ0) is 13.2. The molecule has 3 nitrogen and oxygen atoms in total. The van der Waals surface area contributed by atoms with Gasteiger partial charge in [0.15, 0.2) is 5.82 Å². The maximum Gasteiger partial charge on any atom is 0.151 e. The molecule has 0 aliphatic carbocycles. The van der Waals surface area contributed by atoms with Crippen LogP contribution in [0.2, 0.25) is 0 Å². The molecule has 19 heavy (non-hydrogen) atoms. The van der Waals surface area contributed by atoms with Gasteiger partial charge >= 0.3 is 0 Å². The standard InChI is InChI=1S/C15H20FN3/c1-2-10-19-13-5-3-4-12(16)14(13)18-15(19)11-6-8-17-9-7-11/h3-5,11,17H,2,6-10H2,1H3. The first-order valence-electron chi connectivity index (χ1n) is 7.16. The fraction of sp³-hybridized carbons (Fsp3) is 0.533. The average molecular weight is 261 g/mol. The molecule has 1 saturated heterocycles. The quantitative estimate of drug-likeness (QED) is 0.920. The fourth-order valence-electron chi connectivity index (χ4n) is 2.98. The Bertz CT molecular complexity index is 570. The minimum Gasteiger partial charge on any atom is -0.328 e. The van der Waals surface area contributed by atoms with E-state index < -0.39 is 0 Å².